The summed E-state index contributed by atoms with van der Waals surface area (Å²) in [6.07, 6.45) is 14.9. The normalized spacial score (nSPS) is 14.2. The number of hydrogen-bond donors (Lipinski definition) is 0. The van der Waals surface area contributed by atoms with Gasteiger partial charge in [0.2, 0.25) is 0 Å². The van der Waals surface area contributed by atoms with E-state index >= 15 is 0 Å². The average Bonchev–Trinajstić information content (AvgIpc) is 2.58. The minimum absolute atomic E-state index is 0.295. The summed E-state index contributed by atoms with van der Waals surface area (Å²) >= 11 is 0. The minimum Gasteiger partial charge on any atom is -0.463 e. The van der Waals surface area contributed by atoms with Gasteiger partial charge in [0.05, 0.1) is 13.2 Å². The molecule has 0 aromatic carbocycles. The summed E-state index contributed by atoms with van der Waals surface area (Å²) in [6, 6.07) is 0. The van der Waals surface area contributed by atoms with Gasteiger partial charge in [0, 0.05) is 11.1 Å². The van der Waals surface area contributed by atoms with Gasteiger partial charge in [-0.25, -0.2) is 9.59 Å². The highest BCUT2D eigenvalue weighted by atomic mass is 16.5. The number of ether oxygens (including phenoxy) is 2. The lowest BCUT2D eigenvalue weighted by Crippen LogP contribution is -2.04. The average molecular weight is 358 g/mol. The van der Waals surface area contributed by atoms with Crippen LogP contribution in [0.3, 0.4) is 0 Å². The molecular formula is C22H30O4. The van der Waals surface area contributed by atoms with Crippen molar-refractivity contribution in [3.8, 4) is 0 Å². The molecule has 0 saturated carbocycles. The number of hydrogen-bond acceptors (Lipinski definition) is 4. The maximum Gasteiger partial charge on any atom is 0.333 e. The number of rotatable bonds is 9. The molecule has 0 saturated heterocycles. The Kier molecular flexibility index (Phi) is 12.3. The number of allylic oxidation sites excluding steroid dienone is 10. The lowest BCUT2D eigenvalue weighted by atomic mass is 10.1. The lowest BCUT2D eigenvalue weighted by Gasteiger charge is -2.01. The van der Waals surface area contributed by atoms with Crippen molar-refractivity contribution in [1.82, 2.24) is 0 Å². The highest BCUT2D eigenvalue weighted by molar-refractivity contribution is 5.88. The van der Waals surface area contributed by atoms with E-state index in [1.165, 1.54) is 0 Å². The first kappa shape index (κ1) is 23.4. The van der Waals surface area contributed by atoms with Gasteiger partial charge in [-0.3, -0.25) is 0 Å². The van der Waals surface area contributed by atoms with E-state index in [9.17, 15) is 9.59 Å². The zero-order valence-corrected chi connectivity index (χ0v) is 16.7. The van der Waals surface area contributed by atoms with Gasteiger partial charge in [0.15, 0.2) is 0 Å². The van der Waals surface area contributed by atoms with Crippen molar-refractivity contribution < 1.29 is 19.1 Å². The van der Waals surface area contributed by atoms with Crippen LogP contribution >= 0.6 is 0 Å². The molecule has 0 aromatic heterocycles. The van der Waals surface area contributed by atoms with E-state index in [2.05, 4.69) is 0 Å². The molecule has 4 heteroatoms. The molecule has 26 heavy (non-hydrogen) atoms. The zero-order chi connectivity index (χ0) is 19.9. The summed E-state index contributed by atoms with van der Waals surface area (Å²) in [5.74, 6) is -0.596. The Morgan fingerprint density at radius 1 is 0.692 bits per heavy atom. The van der Waals surface area contributed by atoms with Gasteiger partial charge < -0.3 is 9.47 Å². The molecule has 0 aliphatic rings. The second-order valence-electron chi connectivity index (χ2n) is 5.68. The first-order valence-electron chi connectivity index (χ1n) is 8.71. The van der Waals surface area contributed by atoms with Crippen molar-refractivity contribution in [2.45, 2.75) is 41.5 Å². The zero-order valence-electron chi connectivity index (χ0n) is 16.7. The van der Waals surface area contributed by atoms with Crippen molar-refractivity contribution in [1.29, 1.82) is 0 Å². The summed E-state index contributed by atoms with van der Waals surface area (Å²) in [5, 5.41) is 0. The molecule has 0 heterocycles. The van der Waals surface area contributed by atoms with Gasteiger partial charge in [-0.05, 0) is 47.6 Å². The molecule has 0 aliphatic carbocycles. The van der Waals surface area contributed by atoms with Crippen molar-refractivity contribution in [3.05, 3.63) is 70.9 Å². The molecule has 0 aromatic rings. The Morgan fingerprint density at radius 3 is 1.73 bits per heavy atom. The monoisotopic (exact) mass is 358 g/mol. The molecule has 4 nitrogen and oxygen atoms in total. The van der Waals surface area contributed by atoms with E-state index in [-0.39, 0.29) is 11.9 Å². The smallest absolute Gasteiger partial charge is 0.333 e. The Labute approximate surface area is 157 Å². The Morgan fingerprint density at radius 2 is 1.19 bits per heavy atom. The predicted octanol–water partition coefficient (Wildman–Crippen LogP) is 5.01. The first-order valence-corrected chi connectivity index (χ1v) is 8.71. The van der Waals surface area contributed by atoms with Crippen molar-refractivity contribution in [2.24, 2.45) is 0 Å². The van der Waals surface area contributed by atoms with Gasteiger partial charge in [-0.15, -0.1) is 0 Å². The third-order valence-corrected chi connectivity index (χ3v) is 3.17. The van der Waals surface area contributed by atoms with Crippen LogP contribution in [-0.2, 0) is 19.1 Å². The standard InChI is InChI=1S/C22H30O4/c1-7-25-21(23)19(5)15-11-14-17(3)12-9-10-13-18(4)16-20(6)22(24)26-8-2/h9-16H,7-8H2,1-6H3/b10-9+,14-11+,17-12+,18-13+,19-15+,20-16+. The van der Waals surface area contributed by atoms with Crippen LogP contribution in [0.2, 0.25) is 0 Å². The largest absolute Gasteiger partial charge is 0.463 e. The van der Waals surface area contributed by atoms with Gasteiger partial charge >= 0.3 is 11.9 Å². The third kappa shape index (κ3) is 11.0. The number of carbonyl (C=O) groups is 2. The van der Waals surface area contributed by atoms with Crippen LogP contribution in [0.4, 0.5) is 0 Å². The van der Waals surface area contributed by atoms with E-state index in [0.29, 0.717) is 24.4 Å². The molecule has 0 rings (SSSR count). The van der Waals surface area contributed by atoms with Crippen LogP contribution < -0.4 is 0 Å². The summed E-state index contributed by atoms with van der Waals surface area (Å²) in [5.41, 5.74) is 3.14. The Bertz CT molecular complexity index is 656. The van der Waals surface area contributed by atoms with Crippen molar-refractivity contribution in [2.75, 3.05) is 13.2 Å². The topological polar surface area (TPSA) is 52.6 Å². The van der Waals surface area contributed by atoms with Crippen LogP contribution in [0.25, 0.3) is 0 Å². The van der Waals surface area contributed by atoms with Crippen molar-refractivity contribution >= 4 is 11.9 Å². The van der Waals surface area contributed by atoms with Crippen molar-refractivity contribution in [3.63, 3.8) is 0 Å². The SMILES string of the molecule is CCOC(=O)/C(C)=C/C=C/C(C)=C/C=C/C=C(C)/C=C(\C)C(=O)OCC. The number of carbonyl (C=O) groups excluding carboxylic acids is 2. The number of esters is 2. The summed E-state index contributed by atoms with van der Waals surface area (Å²) in [4.78, 5) is 23.0. The highest BCUT2D eigenvalue weighted by Crippen LogP contribution is 2.05. The molecule has 0 fully saturated rings. The molecule has 0 amide bonds. The fourth-order valence-electron chi connectivity index (χ4n) is 1.82. The minimum atomic E-state index is -0.301. The Balaban J connectivity index is 4.72. The van der Waals surface area contributed by atoms with E-state index in [4.69, 9.17) is 9.47 Å². The van der Waals surface area contributed by atoms with Crippen LogP contribution in [0.1, 0.15) is 41.5 Å². The predicted molar refractivity (Wildman–Crippen MR) is 107 cm³/mol. The molecule has 0 atom stereocenters. The fourth-order valence-corrected chi connectivity index (χ4v) is 1.82. The molecular weight excluding hydrogens is 328 g/mol. The first-order chi connectivity index (χ1) is 12.3. The molecule has 0 radical (unpaired) electrons. The quantitative estimate of drug-likeness (QED) is 0.330. The van der Waals surface area contributed by atoms with E-state index in [1.807, 2.05) is 50.3 Å². The van der Waals surface area contributed by atoms with Crippen LogP contribution in [0.5, 0.6) is 0 Å². The van der Waals surface area contributed by atoms with Crippen LogP contribution in [0.15, 0.2) is 70.9 Å². The van der Waals surface area contributed by atoms with E-state index in [0.717, 1.165) is 11.1 Å². The molecule has 142 valence electrons. The van der Waals surface area contributed by atoms with Crippen LogP contribution in [0, 0.1) is 0 Å². The van der Waals surface area contributed by atoms with Crippen LogP contribution in [-0.4, -0.2) is 25.2 Å². The fraction of sp³-hybridized carbons (Fsp3) is 0.364. The van der Waals surface area contributed by atoms with Gasteiger partial charge in [-0.2, -0.15) is 0 Å². The summed E-state index contributed by atoms with van der Waals surface area (Å²) < 4.78 is 9.85. The second kappa shape index (κ2) is 13.6. The Hall–Kier alpha value is -2.62. The maximum atomic E-state index is 11.5. The third-order valence-electron chi connectivity index (χ3n) is 3.17. The van der Waals surface area contributed by atoms with E-state index < -0.39 is 0 Å². The summed E-state index contributed by atoms with van der Waals surface area (Å²) in [7, 11) is 0. The highest BCUT2D eigenvalue weighted by Gasteiger charge is 2.03. The van der Waals surface area contributed by atoms with Gasteiger partial charge in [-0.1, -0.05) is 53.7 Å². The molecule has 0 spiro atoms. The summed E-state index contributed by atoms with van der Waals surface area (Å²) in [6.45, 7) is 11.7. The van der Waals surface area contributed by atoms with Gasteiger partial charge in [0.1, 0.15) is 0 Å². The molecule has 0 unspecified atom stereocenters. The lowest BCUT2D eigenvalue weighted by molar-refractivity contribution is -0.139. The molecule has 0 aliphatic heterocycles. The van der Waals surface area contributed by atoms with Gasteiger partial charge in [0.25, 0.3) is 0 Å². The van der Waals surface area contributed by atoms with E-state index in [1.54, 1.807) is 39.8 Å². The maximum absolute atomic E-state index is 11.5. The molecule has 0 bridgehead atoms. The molecule has 0 N–H and O–H groups in total. The second-order valence-corrected chi connectivity index (χ2v) is 5.68.